The Labute approximate surface area is 100 Å². The maximum atomic E-state index is 13.5. The predicted molar refractivity (Wildman–Crippen MR) is 68.3 cm³/mol. The minimum atomic E-state index is -0.262. The lowest BCUT2D eigenvalue weighted by Gasteiger charge is -2.18. The summed E-state index contributed by atoms with van der Waals surface area (Å²) in [7, 11) is 0. The Bertz CT molecular complexity index is 471. The lowest BCUT2D eigenvalue weighted by Crippen LogP contribution is -2.21. The normalized spacial score (nSPS) is 12.1. The summed E-state index contributed by atoms with van der Waals surface area (Å²) in [5.74, 6) is -0.262. The highest BCUT2D eigenvalue weighted by Gasteiger charge is 2.10. The second-order valence-electron chi connectivity index (χ2n) is 3.82. The molecule has 0 spiro atoms. The summed E-state index contributed by atoms with van der Waals surface area (Å²) in [6, 6.07) is 16.3. The fraction of sp³-hybridized carbons (Fsp3) is 0.143. The summed E-state index contributed by atoms with van der Waals surface area (Å²) in [6.07, 6.45) is 0. The van der Waals surface area contributed by atoms with Crippen molar-refractivity contribution in [1.82, 2.24) is 0 Å². The Balaban J connectivity index is 2.19. The first-order valence-corrected chi connectivity index (χ1v) is 5.57. The predicted octanol–water partition coefficient (Wildman–Crippen LogP) is 2.94. The van der Waals surface area contributed by atoms with Crippen LogP contribution < -0.4 is 11.1 Å². The number of hydrogen-bond acceptors (Lipinski definition) is 2. The van der Waals surface area contributed by atoms with Gasteiger partial charge in [0.2, 0.25) is 0 Å². The quantitative estimate of drug-likeness (QED) is 0.847. The molecule has 0 aliphatic carbocycles. The van der Waals surface area contributed by atoms with E-state index in [1.165, 1.54) is 6.07 Å². The van der Waals surface area contributed by atoms with Crippen molar-refractivity contribution >= 4 is 5.69 Å². The van der Waals surface area contributed by atoms with Crippen molar-refractivity contribution in [3.8, 4) is 0 Å². The molecule has 0 aliphatic heterocycles. The van der Waals surface area contributed by atoms with Crippen LogP contribution in [0.25, 0.3) is 0 Å². The van der Waals surface area contributed by atoms with E-state index in [0.29, 0.717) is 12.2 Å². The molecule has 2 nitrogen and oxygen atoms in total. The largest absolute Gasteiger partial charge is 0.375 e. The van der Waals surface area contributed by atoms with Gasteiger partial charge in [0.25, 0.3) is 0 Å². The molecule has 3 heteroatoms. The third-order valence-corrected chi connectivity index (χ3v) is 2.64. The van der Waals surface area contributed by atoms with Crippen molar-refractivity contribution in [3.63, 3.8) is 0 Å². The molecule has 17 heavy (non-hydrogen) atoms. The van der Waals surface area contributed by atoms with Gasteiger partial charge in [0.05, 0.1) is 11.7 Å². The molecule has 0 bridgehead atoms. The average Bonchev–Trinajstić information content (AvgIpc) is 2.39. The number of para-hydroxylation sites is 1. The summed E-state index contributed by atoms with van der Waals surface area (Å²) in [5, 5.41) is 3.11. The third kappa shape index (κ3) is 2.82. The first-order valence-electron chi connectivity index (χ1n) is 5.57. The monoisotopic (exact) mass is 230 g/mol. The molecule has 1 unspecified atom stereocenters. The van der Waals surface area contributed by atoms with E-state index in [9.17, 15) is 4.39 Å². The van der Waals surface area contributed by atoms with Gasteiger partial charge < -0.3 is 11.1 Å². The highest BCUT2D eigenvalue weighted by atomic mass is 19.1. The maximum absolute atomic E-state index is 13.5. The second-order valence-corrected chi connectivity index (χ2v) is 3.82. The van der Waals surface area contributed by atoms with Gasteiger partial charge in [0.15, 0.2) is 0 Å². The SMILES string of the molecule is NCC(Nc1ccccc1F)c1ccccc1. The molecular weight excluding hydrogens is 215 g/mol. The van der Waals surface area contributed by atoms with Crippen LogP contribution in [0, 0.1) is 5.82 Å². The molecule has 2 rings (SSSR count). The van der Waals surface area contributed by atoms with Gasteiger partial charge in [0.1, 0.15) is 5.82 Å². The molecule has 0 saturated carbocycles. The van der Waals surface area contributed by atoms with Crippen LogP contribution in [0.5, 0.6) is 0 Å². The minimum absolute atomic E-state index is 0.0758. The van der Waals surface area contributed by atoms with E-state index in [1.807, 2.05) is 30.3 Å². The van der Waals surface area contributed by atoms with E-state index in [1.54, 1.807) is 18.2 Å². The molecule has 0 heterocycles. The molecule has 0 aliphatic rings. The van der Waals surface area contributed by atoms with Crippen LogP contribution >= 0.6 is 0 Å². The van der Waals surface area contributed by atoms with Crippen molar-refractivity contribution in [3.05, 3.63) is 66.0 Å². The van der Waals surface area contributed by atoms with E-state index >= 15 is 0 Å². The number of halogens is 1. The highest BCUT2D eigenvalue weighted by molar-refractivity contribution is 5.46. The smallest absolute Gasteiger partial charge is 0.146 e. The van der Waals surface area contributed by atoms with Gasteiger partial charge in [-0.05, 0) is 17.7 Å². The van der Waals surface area contributed by atoms with Gasteiger partial charge in [0, 0.05) is 6.54 Å². The topological polar surface area (TPSA) is 38.0 Å². The van der Waals surface area contributed by atoms with Gasteiger partial charge in [-0.15, -0.1) is 0 Å². The zero-order chi connectivity index (χ0) is 12.1. The summed E-state index contributed by atoms with van der Waals surface area (Å²) >= 11 is 0. The fourth-order valence-corrected chi connectivity index (χ4v) is 1.73. The lowest BCUT2D eigenvalue weighted by molar-refractivity contribution is 0.626. The Morgan fingerprint density at radius 2 is 1.65 bits per heavy atom. The van der Waals surface area contributed by atoms with E-state index in [0.717, 1.165) is 5.56 Å². The average molecular weight is 230 g/mol. The van der Waals surface area contributed by atoms with Crippen LogP contribution in [-0.4, -0.2) is 6.54 Å². The van der Waals surface area contributed by atoms with Gasteiger partial charge in [-0.2, -0.15) is 0 Å². The van der Waals surface area contributed by atoms with E-state index in [4.69, 9.17) is 5.73 Å². The zero-order valence-electron chi connectivity index (χ0n) is 9.44. The number of rotatable bonds is 4. The van der Waals surface area contributed by atoms with Gasteiger partial charge in [-0.25, -0.2) is 4.39 Å². The molecule has 0 amide bonds. The number of hydrogen-bond donors (Lipinski definition) is 2. The van der Waals surface area contributed by atoms with Gasteiger partial charge in [-0.3, -0.25) is 0 Å². The molecule has 2 aromatic rings. The second kappa shape index (κ2) is 5.46. The summed E-state index contributed by atoms with van der Waals surface area (Å²) < 4.78 is 13.5. The van der Waals surface area contributed by atoms with Crippen molar-refractivity contribution in [2.24, 2.45) is 5.73 Å². The summed E-state index contributed by atoms with van der Waals surface area (Å²) in [6.45, 7) is 0.415. The zero-order valence-corrected chi connectivity index (χ0v) is 9.44. The number of nitrogens with two attached hydrogens (primary N) is 1. The molecule has 1 atom stereocenters. The van der Waals surface area contributed by atoms with E-state index in [2.05, 4.69) is 5.32 Å². The number of benzene rings is 2. The van der Waals surface area contributed by atoms with E-state index < -0.39 is 0 Å². The van der Waals surface area contributed by atoms with Crippen LogP contribution in [0.3, 0.4) is 0 Å². The Kier molecular flexibility index (Phi) is 3.73. The fourth-order valence-electron chi connectivity index (χ4n) is 1.73. The van der Waals surface area contributed by atoms with Crippen molar-refractivity contribution in [2.45, 2.75) is 6.04 Å². The maximum Gasteiger partial charge on any atom is 0.146 e. The van der Waals surface area contributed by atoms with Crippen molar-refractivity contribution < 1.29 is 4.39 Å². The highest BCUT2D eigenvalue weighted by Crippen LogP contribution is 2.20. The van der Waals surface area contributed by atoms with Gasteiger partial charge in [-0.1, -0.05) is 42.5 Å². The Morgan fingerprint density at radius 3 is 2.29 bits per heavy atom. The molecule has 88 valence electrons. The van der Waals surface area contributed by atoms with Crippen LogP contribution in [0.1, 0.15) is 11.6 Å². The Hall–Kier alpha value is -1.87. The van der Waals surface area contributed by atoms with Crippen LogP contribution in [0.4, 0.5) is 10.1 Å². The van der Waals surface area contributed by atoms with Crippen LogP contribution in [-0.2, 0) is 0 Å². The molecule has 0 radical (unpaired) electrons. The minimum Gasteiger partial charge on any atom is -0.375 e. The first-order chi connectivity index (χ1) is 8.31. The molecular formula is C14H15FN2. The third-order valence-electron chi connectivity index (χ3n) is 2.64. The molecule has 0 fully saturated rings. The van der Waals surface area contributed by atoms with Crippen molar-refractivity contribution in [1.29, 1.82) is 0 Å². The van der Waals surface area contributed by atoms with Gasteiger partial charge >= 0.3 is 0 Å². The molecule has 3 N–H and O–H groups in total. The lowest BCUT2D eigenvalue weighted by atomic mass is 10.1. The summed E-state index contributed by atoms with van der Waals surface area (Å²) in [5.41, 5.74) is 7.25. The van der Waals surface area contributed by atoms with E-state index in [-0.39, 0.29) is 11.9 Å². The van der Waals surface area contributed by atoms with Crippen LogP contribution in [0.2, 0.25) is 0 Å². The molecule has 0 saturated heterocycles. The molecule has 2 aromatic carbocycles. The van der Waals surface area contributed by atoms with Crippen molar-refractivity contribution in [2.75, 3.05) is 11.9 Å². The number of anilines is 1. The first kappa shape index (κ1) is 11.6. The molecule has 0 aromatic heterocycles. The summed E-state index contributed by atoms with van der Waals surface area (Å²) in [4.78, 5) is 0. The standard InChI is InChI=1S/C14H15FN2/c15-12-8-4-5-9-13(12)17-14(10-16)11-6-2-1-3-7-11/h1-9,14,17H,10,16H2. The van der Waals surface area contributed by atoms with Crippen LogP contribution in [0.15, 0.2) is 54.6 Å². The number of nitrogens with one attached hydrogen (secondary N) is 1. The Morgan fingerprint density at radius 1 is 1.00 bits per heavy atom.